The van der Waals surface area contributed by atoms with Crippen LogP contribution in [0.2, 0.25) is 0 Å². The fourth-order valence-electron chi connectivity index (χ4n) is 1.16. The van der Waals surface area contributed by atoms with Crippen molar-refractivity contribution in [2.45, 2.75) is 12.5 Å². The van der Waals surface area contributed by atoms with Gasteiger partial charge in [0.25, 0.3) is 0 Å². The molecule has 0 aliphatic carbocycles. The van der Waals surface area contributed by atoms with E-state index in [1.807, 2.05) is 16.8 Å². The smallest absolute Gasteiger partial charge is 0.408 e. The van der Waals surface area contributed by atoms with Crippen LogP contribution < -0.4 is 5.32 Å². The Kier molecular flexibility index (Phi) is 5.22. The molecule has 1 heterocycles. The third-order valence-electron chi connectivity index (χ3n) is 1.94. The van der Waals surface area contributed by atoms with Crippen molar-refractivity contribution in [1.29, 1.82) is 0 Å². The quantitative estimate of drug-likeness (QED) is 0.758. The second-order valence-electron chi connectivity index (χ2n) is 3.26. The zero-order chi connectivity index (χ0) is 12.7. The van der Waals surface area contributed by atoms with E-state index in [-0.39, 0.29) is 13.0 Å². The number of carbonyl (C=O) groups is 2. The van der Waals surface area contributed by atoms with E-state index in [0.29, 0.717) is 0 Å². The molecule has 1 unspecified atom stereocenters. The van der Waals surface area contributed by atoms with Gasteiger partial charge in [-0.25, -0.2) is 9.59 Å². The summed E-state index contributed by atoms with van der Waals surface area (Å²) < 4.78 is 4.66. The summed E-state index contributed by atoms with van der Waals surface area (Å²) in [5.74, 6) is -1.09. The Morgan fingerprint density at radius 2 is 2.41 bits per heavy atom. The van der Waals surface area contributed by atoms with Crippen LogP contribution in [0.3, 0.4) is 0 Å². The van der Waals surface area contributed by atoms with Crippen LogP contribution in [0.5, 0.6) is 0 Å². The molecule has 0 saturated carbocycles. The van der Waals surface area contributed by atoms with Gasteiger partial charge in [0.05, 0.1) is 0 Å². The molecule has 1 aromatic heterocycles. The number of amides is 1. The van der Waals surface area contributed by atoms with E-state index < -0.39 is 18.1 Å². The summed E-state index contributed by atoms with van der Waals surface area (Å²) in [6.45, 7) is 3.44. The molecular weight excluding hydrogens is 242 g/mol. The summed E-state index contributed by atoms with van der Waals surface area (Å²) in [6, 6.07) is 0.832. The Labute approximate surface area is 103 Å². The lowest BCUT2D eigenvalue weighted by Crippen LogP contribution is -2.42. The van der Waals surface area contributed by atoms with E-state index in [4.69, 9.17) is 5.11 Å². The standard InChI is InChI=1S/C11H13NO4S/c1-2-4-16-11(15)12-9(10(13)14)6-8-3-5-17-7-8/h2-3,5,7,9H,1,4,6H2,(H,12,15)(H,13,14). The molecule has 6 heteroatoms. The maximum Gasteiger partial charge on any atom is 0.408 e. The predicted molar refractivity (Wildman–Crippen MR) is 64.1 cm³/mol. The Morgan fingerprint density at radius 1 is 1.65 bits per heavy atom. The molecule has 0 aromatic carbocycles. The Balaban J connectivity index is 2.51. The SMILES string of the molecule is C=CCOC(=O)NC(Cc1ccsc1)C(=O)O. The van der Waals surface area contributed by atoms with Crippen LogP contribution in [0.15, 0.2) is 29.5 Å². The summed E-state index contributed by atoms with van der Waals surface area (Å²) in [4.78, 5) is 22.2. The summed E-state index contributed by atoms with van der Waals surface area (Å²) in [5, 5.41) is 14.9. The number of ether oxygens (including phenoxy) is 1. The highest BCUT2D eigenvalue weighted by molar-refractivity contribution is 7.07. The van der Waals surface area contributed by atoms with Crippen LogP contribution in [0.1, 0.15) is 5.56 Å². The van der Waals surface area contributed by atoms with Gasteiger partial charge < -0.3 is 15.2 Å². The van der Waals surface area contributed by atoms with E-state index >= 15 is 0 Å². The van der Waals surface area contributed by atoms with Crippen molar-refractivity contribution in [3.8, 4) is 0 Å². The number of hydrogen-bond acceptors (Lipinski definition) is 4. The molecule has 0 saturated heterocycles. The first-order valence-corrected chi connectivity index (χ1v) is 5.86. The molecule has 0 fully saturated rings. The average molecular weight is 255 g/mol. The van der Waals surface area contributed by atoms with Crippen LogP contribution in [0.4, 0.5) is 4.79 Å². The predicted octanol–water partition coefficient (Wildman–Crippen LogP) is 1.66. The number of carboxylic acids is 1. The van der Waals surface area contributed by atoms with Crippen molar-refractivity contribution in [3.05, 3.63) is 35.0 Å². The number of alkyl carbamates (subject to hydrolysis) is 1. The number of rotatable bonds is 6. The van der Waals surface area contributed by atoms with Gasteiger partial charge in [0.15, 0.2) is 0 Å². The van der Waals surface area contributed by atoms with Gasteiger partial charge in [-0.2, -0.15) is 11.3 Å². The molecule has 5 nitrogen and oxygen atoms in total. The molecule has 0 aliphatic heterocycles. The Hall–Kier alpha value is -1.82. The third-order valence-corrected chi connectivity index (χ3v) is 2.67. The van der Waals surface area contributed by atoms with Crippen LogP contribution in [0, 0.1) is 0 Å². The fraction of sp³-hybridized carbons (Fsp3) is 0.273. The van der Waals surface area contributed by atoms with Crippen molar-refractivity contribution in [3.63, 3.8) is 0 Å². The summed E-state index contributed by atoms with van der Waals surface area (Å²) in [6.07, 6.45) is 0.892. The largest absolute Gasteiger partial charge is 0.480 e. The first-order valence-electron chi connectivity index (χ1n) is 4.91. The van der Waals surface area contributed by atoms with Gasteiger partial charge in [0.1, 0.15) is 12.6 Å². The molecule has 1 atom stereocenters. The van der Waals surface area contributed by atoms with Gasteiger partial charge in [0.2, 0.25) is 0 Å². The summed E-state index contributed by atoms with van der Waals surface area (Å²) >= 11 is 1.48. The van der Waals surface area contributed by atoms with E-state index in [9.17, 15) is 9.59 Å². The Bertz CT molecular complexity index is 388. The van der Waals surface area contributed by atoms with Gasteiger partial charge in [-0.15, -0.1) is 0 Å². The molecule has 1 rings (SSSR count). The lowest BCUT2D eigenvalue weighted by atomic mass is 10.1. The lowest BCUT2D eigenvalue weighted by molar-refractivity contribution is -0.139. The number of nitrogens with one attached hydrogen (secondary N) is 1. The van der Waals surface area contributed by atoms with Gasteiger partial charge in [-0.05, 0) is 22.4 Å². The van der Waals surface area contributed by atoms with Gasteiger partial charge in [-0.1, -0.05) is 12.7 Å². The summed E-state index contributed by atoms with van der Waals surface area (Å²) in [7, 11) is 0. The van der Waals surface area contributed by atoms with Crippen LogP contribution in [-0.4, -0.2) is 29.8 Å². The molecule has 1 aromatic rings. The van der Waals surface area contributed by atoms with E-state index in [1.165, 1.54) is 17.4 Å². The zero-order valence-electron chi connectivity index (χ0n) is 9.09. The minimum atomic E-state index is -1.09. The maximum absolute atomic E-state index is 11.2. The minimum Gasteiger partial charge on any atom is -0.480 e. The molecule has 0 aliphatic rings. The monoisotopic (exact) mass is 255 g/mol. The second kappa shape index (κ2) is 6.70. The minimum absolute atomic E-state index is 0.0522. The van der Waals surface area contributed by atoms with Crippen molar-refractivity contribution in [2.75, 3.05) is 6.61 Å². The van der Waals surface area contributed by atoms with Crippen molar-refractivity contribution >= 4 is 23.4 Å². The molecule has 0 radical (unpaired) electrons. The number of aliphatic carboxylic acids is 1. The van der Waals surface area contributed by atoms with Crippen molar-refractivity contribution < 1.29 is 19.4 Å². The first-order chi connectivity index (χ1) is 8.13. The topological polar surface area (TPSA) is 75.6 Å². The lowest BCUT2D eigenvalue weighted by Gasteiger charge is -2.13. The van der Waals surface area contributed by atoms with Gasteiger partial charge in [0, 0.05) is 6.42 Å². The first kappa shape index (κ1) is 13.2. The molecule has 92 valence electrons. The molecule has 0 spiro atoms. The van der Waals surface area contributed by atoms with Gasteiger partial charge in [-0.3, -0.25) is 0 Å². The molecule has 0 bridgehead atoms. The second-order valence-corrected chi connectivity index (χ2v) is 4.04. The summed E-state index contributed by atoms with van der Waals surface area (Å²) in [5.41, 5.74) is 0.867. The van der Waals surface area contributed by atoms with Crippen LogP contribution >= 0.6 is 11.3 Å². The fourth-order valence-corrected chi connectivity index (χ4v) is 1.84. The highest BCUT2D eigenvalue weighted by Gasteiger charge is 2.20. The van der Waals surface area contributed by atoms with E-state index in [1.54, 1.807) is 0 Å². The molecule has 1 amide bonds. The van der Waals surface area contributed by atoms with Crippen LogP contribution in [0.25, 0.3) is 0 Å². The molecule has 17 heavy (non-hydrogen) atoms. The average Bonchev–Trinajstić information content (AvgIpc) is 2.78. The van der Waals surface area contributed by atoms with Gasteiger partial charge >= 0.3 is 12.1 Å². The van der Waals surface area contributed by atoms with E-state index in [2.05, 4.69) is 16.6 Å². The van der Waals surface area contributed by atoms with Crippen molar-refractivity contribution in [2.24, 2.45) is 0 Å². The number of hydrogen-bond donors (Lipinski definition) is 2. The highest BCUT2D eigenvalue weighted by Crippen LogP contribution is 2.09. The molecule has 2 N–H and O–H groups in total. The van der Waals surface area contributed by atoms with Crippen LogP contribution in [-0.2, 0) is 16.0 Å². The normalized spacial score (nSPS) is 11.5. The maximum atomic E-state index is 11.2. The Morgan fingerprint density at radius 3 is 2.94 bits per heavy atom. The number of thiophene rings is 1. The van der Waals surface area contributed by atoms with E-state index in [0.717, 1.165) is 5.56 Å². The number of carbonyl (C=O) groups excluding carboxylic acids is 1. The third kappa shape index (κ3) is 4.69. The zero-order valence-corrected chi connectivity index (χ0v) is 9.90. The van der Waals surface area contributed by atoms with Crippen molar-refractivity contribution in [1.82, 2.24) is 5.32 Å². The highest BCUT2D eigenvalue weighted by atomic mass is 32.1. The molecular formula is C11H13NO4S. The number of carboxylic acid groups (broad SMARTS) is 1.